The molecule has 0 radical (unpaired) electrons. The molecule has 0 heterocycles. The molecule has 0 aliphatic carbocycles. The molecule has 0 aromatic heterocycles. The Kier molecular flexibility index (Phi) is 12.4. The van der Waals surface area contributed by atoms with Gasteiger partial charge in [0, 0.05) is 26.8 Å². The molecule has 5 nitrogen and oxygen atoms in total. The Balaban J connectivity index is 0. The number of hydrogen-bond acceptors (Lipinski definition) is 4. The summed E-state index contributed by atoms with van der Waals surface area (Å²) in [5, 5.41) is 3.04. The molecule has 15 heavy (non-hydrogen) atoms. The lowest BCUT2D eigenvalue weighted by Crippen LogP contribution is -2.33. The fourth-order valence-electron chi connectivity index (χ4n) is 0.937. The second-order valence-corrected chi connectivity index (χ2v) is 4.84. The van der Waals surface area contributed by atoms with E-state index >= 15 is 0 Å². The first-order valence-electron chi connectivity index (χ1n) is 4.79. The molecule has 0 rings (SSSR count). The van der Waals surface area contributed by atoms with Gasteiger partial charge in [-0.2, -0.15) is 0 Å². The van der Waals surface area contributed by atoms with E-state index in [9.17, 15) is 8.42 Å². The number of sulfonamides is 1. The van der Waals surface area contributed by atoms with E-state index in [0.717, 1.165) is 6.54 Å². The van der Waals surface area contributed by atoms with Crippen LogP contribution >= 0.6 is 12.4 Å². The molecule has 0 bridgehead atoms. The van der Waals surface area contributed by atoms with Crippen LogP contribution < -0.4 is 10.0 Å². The summed E-state index contributed by atoms with van der Waals surface area (Å²) < 4.78 is 29.8. The molecule has 0 unspecified atom stereocenters. The molecule has 7 heteroatoms. The minimum atomic E-state index is -3.10. The van der Waals surface area contributed by atoms with Crippen molar-refractivity contribution in [1.29, 1.82) is 0 Å². The Morgan fingerprint density at radius 1 is 1.27 bits per heavy atom. The first kappa shape index (κ1) is 17.5. The Morgan fingerprint density at radius 2 is 1.93 bits per heavy atom. The van der Waals surface area contributed by atoms with Crippen molar-refractivity contribution in [3.05, 3.63) is 0 Å². The van der Waals surface area contributed by atoms with Crippen LogP contribution in [0.3, 0.4) is 0 Å². The smallest absolute Gasteiger partial charge is 0.211 e. The van der Waals surface area contributed by atoms with Crippen LogP contribution in [0.5, 0.6) is 0 Å². The molecule has 0 aromatic rings. The fourth-order valence-corrected chi connectivity index (χ4v) is 1.99. The molecule has 0 aliphatic heterocycles. The summed E-state index contributed by atoms with van der Waals surface area (Å²) in [4.78, 5) is 0. The molecule has 0 aromatic carbocycles. The van der Waals surface area contributed by atoms with E-state index in [1.165, 1.54) is 0 Å². The van der Waals surface area contributed by atoms with Crippen molar-refractivity contribution >= 4 is 22.4 Å². The predicted octanol–water partition coefficient (Wildman–Crippen LogP) is -0.0264. The van der Waals surface area contributed by atoms with Crippen molar-refractivity contribution < 1.29 is 13.2 Å². The van der Waals surface area contributed by atoms with Gasteiger partial charge in [-0.3, -0.25) is 0 Å². The average molecular weight is 261 g/mol. The zero-order chi connectivity index (χ0) is 10.9. The topological polar surface area (TPSA) is 67.4 Å². The third-order valence-corrected chi connectivity index (χ3v) is 3.11. The van der Waals surface area contributed by atoms with Gasteiger partial charge in [-0.15, -0.1) is 12.4 Å². The zero-order valence-corrected chi connectivity index (χ0v) is 10.9. The molecule has 94 valence electrons. The highest BCUT2D eigenvalue weighted by atomic mass is 35.5. The molecule has 0 aliphatic rings. The van der Waals surface area contributed by atoms with Crippen molar-refractivity contribution in [2.45, 2.75) is 13.3 Å². The number of methoxy groups -OCH3 is 1. The van der Waals surface area contributed by atoms with Crippen molar-refractivity contribution in [2.24, 2.45) is 0 Å². The highest BCUT2D eigenvalue weighted by Gasteiger charge is 2.07. The number of rotatable bonds is 9. The molecule has 0 atom stereocenters. The predicted molar refractivity (Wildman–Crippen MR) is 64.1 cm³/mol. The number of halogens is 1. The first-order chi connectivity index (χ1) is 6.62. The zero-order valence-electron chi connectivity index (χ0n) is 9.28. The Labute approximate surface area is 98.4 Å². The van der Waals surface area contributed by atoms with Crippen molar-refractivity contribution in [3.8, 4) is 0 Å². The summed E-state index contributed by atoms with van der Waals surface area (Å²) in [7, 11) is -1.54. The standard InChI is InChI=1S/C8H20N2O3S.ClH/c1-3-9-5-6-10-14(11,12)8-4-7-13-2;/h9-10H,3-8H2,1-2H3;1H. The van der Waals surface area contributed by atoms with Crippen LogP contribution in [0.15, 0.2) is 0 Å². The summed E-state index contributed by atoms with van der Waals surface area (Å²) in [5.74, 6) is 0.132. The van der Waals surface area contributed by atoms with E-state index in [-0.39, 0.29) is 18.2 Å². The third kappa shape index (κ3) is 12.0. The van der Waals surface area contributed by atoms with Crippen LogP contribution in [0.25, 0.3) is 0 Å². The second-order valence-electron chi connectivity index (χ2n) is 2.91. The maximum atomic E-state index is 11.3. The lowest BCUT2D eigenvalue weighted by atomic mass is 10.5. The molecule has 0 spiro atoms. The van der Waals surface area contributed by atoms with Gasteiger partial charge in [0.2, 0.25) is 10.0 Å². The van der Waals surface area contributed by atoms with E-state index in [1.807, 2.05) is 6.92 Å². The van der Waals surface area contributed by atoms with Crippen LogP contribution in [0, 0.1) is 0 Å². The lowest BCUT2D eigenvalue weighted by molar-refractivity contribution is 0.199. The summed E-state index contributed by atoms with van der Waals surface area (Å²) >= 11 is 0. The Bertz CT molecular complexity index is 222. The summed E-state index contributed by atoms with van der Waals surface area (Å²) in [5.41, 5.74) is 0. The van der Waals surface area contributed by atoms with Gasteiger partial charge in [-0.1, -0.05) is 6.92 Å². The summed E-state index contributed by atoms with van der Waals surface area (Å²) in [6.45, 7) is 4.43. The molecular formula is C8H21ClN2O3S. The van der Waals surface area contributed by atoms with E-state index in [4.69, 9.17) is 4.74 Å². The quantitative estimate of drug-likeness (QED) is 0.572. The highest BCUT2D eigenvalue weighted by molar-refractivity contribution is 7.89. The van der Waals surface area contributed by atoms with Gasteiger partial charge in [0.15, 0.2) is 0 Å². The van der Waals surface area contributed by atoms with E-state index < -0.39 is 10.0 Å². The van der Waals surface area contributed by atoms with Crippen LogP contribution in [0.2, 0.25) is 0 Å². The molecular weight excluding hydrogens is 240 g/mol. The van der Waals surface area contributed by atoms with Gasteiger partial charge >= 0.3 is 0 Å². The highest BCUT2D eigenvalue weighted by Crippen LogP contribution is 1.89. The lowest BCUT2D eigenvalue weighted by Gasteiger charge is -2.06. The molecule has 0 saturated carbocycles. The van der Waals surface area contributed by atoms with Gasteiger partial charge < -0.3 is 10.1 Å². The van der Waals surface area contributed by atoms with Crippen LogP contribution in [0.4, 0.5) is 0 Å². The minimum absolute atomic E-state index is 0. The van der Waals surface area contributed by atoms with Crippen LogP contribution in [-0.2, 0) is 14.8 Å². The van der Waals surface area contributed by atoms with Gasteiger partial charge in [0.25, 0.3) is 0 Å². The van der Waals surface area contributed by atoms with Crippen LogP contribution in [-0.4, -0.2) is 47.5 Å². The van der Waals surface area contributed by atoms with E-state index in [0.29, 0.717) is 26.1 Å². The molecule has 2 N–H and O–H groups in total. The second kappa shape index (κ2) is 10.6. The normalized spacial score (nSPS) is 11.1. The average Bonchev–Trinajstić information content (AvgIpc) is 2.13. The summed E-state index contributed by atoms with van der Waals surface area (Å²) in [6.07, 6.45) is 0.535. The summed E-state index contributed by atoms with van der Waals surface area (Å²) in [6, 6.07) is 0. The minimum Gasteiger partial charge on any atom is -0.385 e. The number of nitrogens with one attached hydrogen (secondary N) is 2. The van der Waals surface area contributed by atoms with Crippen molar-refractivity contribution in [3.63, 3.8) is 0 Å². The number of likely N-dealkylation sites (N-methyl/N-ethyl adjacent to an activating group) is 1. The Hall–Kier alpha value is 0.120. The number of hydrogen-bond donors (Lipinski definition) is 2. The maximum absolute atomic E-state index is 11.3. The van der Waals surface area contributed by atoms with Crippen LogP contribution in [0.1, 0.15) is 13.3 Å². The molecule has 0 fully saturated rings. The van der Waals surface area contributed by atoms with Gasteiger partial charge in [0.05, 0.1) is 5.75 Å². The Morgan fingerprint density at radius 3 is 2.47 bits per heavy atom. The molecule has 0 saturated heterocycles. The third-order valence-electron chi connectivity index (χ3n) is 1.64. The van der Waals surface area contributed by atoms with Crippen molar-refractivity contribution in [2.75, 3.05) is 39.1 Å². The molecule has 0 amide bonds. The first-order valence-corrected chi connectivity index (χ1v) is 6.44. The van der Waals surface area contributed by atoms with Gasteiger partial charge in [-0.25, -0.2) is 13.1 Å². The van der Waals surface area contributed by atoms with E-state index in [2.05, 4.69) is 10.0 Å². The monoisotopic (exact) mass is 260 g/mol. The maximum Gasteiger partial charge on any atom is 0.211 e. The van der Waals surface area contributed by atoms with Gasteiger partial charge in [-0.05, 0) is 13.0 Å². The SMILES string of the molecule is CCNCCNS(=O)(=O)CCCOC.Cl. The fraction of sp³-hybridized carbons (Fsp3) is 1.00. The van der Waals surface area contributed by atoms with Gasteiger partial charge in [0.1, 0.15) is 0 Å². The van der Waals surface area contributed by atoms with E-state index in [1.54, 1.807) is 7.11 Å². The largest absolute Gasteiger partial charge is 0.385 e. The number of ether oxygens (including phenoxy) is 1. The van der Waals surface area contributed by atoms with Crippen molar-refractivity contribution in [1.82, 2.24) is 10.0 Å².